The van der Waals surface area contributed by atoms with Crippen LogP contribution in [0, 0.1) is 0 Å². The smallest absolute Gasteiger partial charge is 0.145 e. The van der Waals surface area contributed by atoms with Crippen LogP contribution in [-0.4, -0.2) is 19.3 Å². The van der Waals surface area contributed by atoms with Crippen molar-refractivity contribution in [2.45, 2.75) is 20.0 Å². The van der Waals surface area contributed by atoms with Gasteiger partial charge in [0.25, 0.3) is 0 Å². The van der Waals surface area contributed by atoms with Crippen LogP contribution in [0.1, 0.15) is 12.7 Å². The molecule has 0 aliphatic rings. The third-order valence-electron chi connectivity index (χ3n) is 2.11. The average molecular weight is 191 g/mol. The predicted octanol–water partition coefficient (Wildman–Crippen LogP) is 0.730. The van der Waals surface area contributed by atoms with Crippen molar-refractivity contribution in [3.8, 4) is 0 Å². The van der Waals surface area contributed by atoms with Crippen molar-refractivity contribution in [2.24, 2.45) is 0 Å². The summed E-state index contributed by atoms with van der Waals surface area (Å²) in [6.07, 6.45) is 5.61. The Labute approximate surface area is 82.2 Å². The molecule has 0 fully saturated rings. The number of aromatic nitrogens is 4. The van der Waals surface area contributed by atoms with Crippen LogP contribution in [-0.2, 0) is 13.1 Å². The highest BCUT2D eigenvalue weighted by atomic mass is 15.3. The molecule has 0 atom stereocenters. The number of rotatable bonds is 3. The highest BCUT2D eigenvalue weighted by Crippen LogP contribution is 2.02. The maximum atomic E-state index is 5.52. The van der Waals surface area contributed by atoms with E-state index in [1.54, 1.807) is 16.9 Å². The highest BCUT2D eigenvalue weighted by molar-refractivity contribution is 5.23. The molecule has 0 amide bonds. The molecule has 2 heterocycles. The van der Waals surface area contributed by atoms with Crippen molar-refractivity contribution in [3.63, 3.8) is 0 Å². The zero-order chi connectivity index (χ0) is 9.97. The quantitative estimate of drug-likeness (QED) is 0.778. The number of nitrogens with two attached hydrogens (primary N) is 1. The molecule has 5 heteroatoms. The second-order valence-corrected chi connectivity index (χ2v) is 3.07. The standard InChI is InChI=1S/C9H13N5/c1-2-13-6-4-11-9(13)7-14-5-3-8(10)12-14/h3-6H,2,7H2,1H3,(H2,10,12). The summed E-state index contributed by atoms with van der Waals surface area (Å²) in [4.78, 5) is 4.25. The molecule has 14 heavy (non-hydrogen) atoms. The van der Waals surface area contributed by atoms with Crippen LogP contribution in [0.5, 0.6) is 0 Å². The number of hydrogen-bond acceptors (Lipinski definition) is 3. The molecule has 0 bridgehead atoms. The molecule has 0 aliphatic heterocycles. The number of nitrogen functional groups attached to an aromatic ring is 1. The van der Waals surface area contributed by atoms with Crippen LogP contribution >= 0.6 is 0 Å². The topological polar surface area (TPSA) is 61.7 Å². The van der Waals surface area contributed by atoms with Crippen molar-refractivity contribution in [2.75, 3.05) is 5.73 Å². The summed E-state index contributed by atoms with van der Waals surface area (Å²) in [6.45, 7) is 3.67. The highest BCUT2D eigenvalue weighted by Gasteiger charge is 2.02. The summed E-state index contributed by atoms with van der Waals surface area (Å²) in [6, 6.07) is 1.78. The van der Waals surface area contributed by atoms with Crippen LogP contribution in [0.25, 0.3) is 0 Å². The molecule has 2 N–H and O–H groups in total. The summed E-state index contributed by atoms with van der Waals surface area (Å²) in [5.41, 5.74) is 5.52. The normalized spacial score (nSPS) is 10.6. The zero-order valence-electron chi connectivity index (χ0n) is 8.09. The van der Waals surface area contributed by atoms with Gasteiger partial charge >= 0.3 is 0 Å². The van der Waals surface area contributed by atoms with Gasteiger partial charge in [0.05, 0.1) is 6.54 Å². The van der Waals surface area contributed by atoms with E-state index in [2.05, 4.69) is 21.6 Å². The lowest BCUT2D eigenvalue weighted by molar-refractivity contribution is 0.608. The van der Waals surface area contributed by atoms with E-state index in [1.807, 2.05) is 12.4 Å². The number of nitrogens with zero attached hydrogens (tertiary/aromatic N) is 4. The van der Waals surface area contributed by atoms with Crippen LogP contribution in [0.2, 0.25) is 0 Å². The van der Waals surface area contributed by atoms with E-state index in [0.717, 1.165) is 12.4 Å². The Morgan fingerprint density at radius 1 is 1.43 bits per heavy atom. The molecular weight excluding hydrogens is 178 g/mol. The second-order valence-electron chi connectivity index (χ2n) is 3.07. The van der Waals surface area contributed by atoms with Gasteiger partial charge in [-0.15, -0.1) is 0 Å². The van der Waals surface area contributed by atoms with E-state index in [4.69, 9.17) is 5.73 Å². The Morgan fingerprint density at radius 2 is 2.29 bits per heavy atom. The van der Waals surface area contributed by atoms with Crippen molar-refractivity contribution < 1.29 is 0 Å². The fraction of sp³-hybridized carbons (Fsp3) is 0.333. The fourth-order valence-corrected chi connectivity index (χ4v) is 1.39. The van der Waals surface area contributed by atoms with Crippen LogP contribution in [0.4, 0.5) is 5.82 Å². The molecule has 2 aromatic rings. The van der Waals surface area contributed by atoms with Gasteiger partial charge in [-0.2, -0.15) is 5.10 Å². The summed E-state index contributed by atoms with van der Waals surface area (Å²) < 4.78 is 3.86. The van der Waals surface area contributed by atoms with Crippen LogP contribution in [0.3, 0.4) is 0 Å². The first-order chi connectivity index (χ1) is 6.79. The maximum absolute atomic E-state index is 5.52. The van der Waals surface area contributed by atoms with Crippen molar-refractivity contribution in [3.05, 3.63) is 30.5 Å². The molecule has 0 radical (unpaired) electrons. The molecule has 0 saturated carbocycles. The monoisotopic (exact) mass is 191 g/mol. The van der Waals surface area contributed by atoms with Gasteiger partial charge in [-0.25, -0.2) is 4.98 Å². The molecule has 0 saturated heterocycles. The van der Waals surface area contributed by atoms with Gasteiger partial charge in [-0.3, -0.25) is 4.68 Å². The molecule has 2 rings (SSSR count). The van der Waals surface area contributed by atoms with E-state index < -0.39 is 0 Å². The molecular formula is C9H13N5. The minimum Gasteiger partial charge on any atom is -0.382 e. The lowest BCUT2D eigenvalue weighted by Crippen LogP contribution is -2.08. The fourth-order valence-electron chi connectivity index (χ4n) is 1.39. The van der Waals surface area contributed by atoms with Crippen molar-refractivity contribution >= 4 is 5.82 Å². The summed E-state index contributed by atoms with van der Waals surface area (Å²) in [7, 11) is 0. The van der Waals surface area contributed by atoms with Gasteiger partial charge in [0.1, 0.15) is 11.6 Å². The molecule has 5 nitrogen and oxygen atoms in total. The Kier molecular flexibility index (Phi) is 2.22. The number of aryl methyl sites for hydroxylation is 1. The van der Waals surface area contributed by atoms with E-state index in [1.165, 1.54) is 0 Å². The summed E-state index contributed by atoms with van der Waals surface area (Å²) in [5.74, 6) is 1.54. The van der Waals surface area contributed by atoms with E-state index >= 15 is 0 Å². The first-order valence-electron chi connectivity index (χ1n) is 4.58. The number of imidazole rings is 1. The third-order valence-corrected chi connectivity index (χ3v) is 2.11. The Bertz CT molecular complexity index is 414. The minimum absolute atomic E-state index is 0.541. The van der Waals surface area contributed by atoms with Gasteiger partial charge < -0.3 is 10.3 Å². The number of hydrogen-bond donors (Lipinski definition) is 1. The van der Waals surface area contributed by atoms with E-state index in [0.29, 0.717) is 12.4 Å². The minimum atomic E-state index is 0.541. The van der Waals surface area contributed by atoms with Gasteiger partial charge in [-0.05, 0) is 13.0 Å². The van der Waals surface area contributed by atoms with Gasteiger partial charge in [-0.1, -0.05) is 0 Å². The third kappa shape index (κ3) is 1.61. The first kappa shape index (κ1) is 8.80. The maximum Gasteiger partial charge on any atom is 0.145 e. The van der Waals surface area contributed by atoms with Crippen LogP contribution < -0.4 is 5.73 Å². The zero-order valence-corrected chi connectivity index (χ0v) is 8.09. The molecule has 74 valence electrons. The predicted molar refractivity (Wildman–Crippen MR) is 53.6 cm³/mol. The van der Waals surface area contributed by atoms with Gasteiger partial charge in [0, 0.05) is 25.1 Å². The van der Waals surface area contributed by atoms with Crippen LogP contribution in [0.15, 0.2) is 24.7 Å². The Morgan fingerprint density at radius 3 is 2.93 bits per heavy atom. The molecule has 0 aromatic carbocycles. The molecule has 0 aliphatic carbocycles. The van der Waals surface area contributed by atoms with Crippen molar-refractivity contribution in [1.29, 1.82) is 0 Å². The van der Waals surface area contributed by atoms with E-state index in [9.17, 15) is 0 Å². The summed E-state index contributed by atoms with van der Waals surface area (Å²) in [5, 5.41) is 4.10. The Balaban J connectivity index is 2.18. The molecule has 0 unspecified atom stereocenters. The lowest BCUT2D eigenvalue weighted by Gasteiger charge is -2.04. The van der Waals surface area contributed by atoms with Gasteiger partial charge in [0.15, 0.2) is 0 Å². The van der Waals surface area contributed by atoms with Crippen molar-refractivity contribution in [1.82, 2.24) is 19.3 Å². The lowest BCUT2D eigenvalue weighted by atomic mass is 10.5. The molecule has 0 spiro atoms. The average Bonchev–Trinajstić information content (AvgIpc) is 2.76. The number of anilines is 1. The SMILES string of the molecule is CCn1ccnc1Cn1ccc(N)n1. The second kappa shape index (κ2) is 3.53. The molecule has 2 aromatic heterocycles. The largest absolute Gasteiger partial charge is 0.382 e. The summed E-state index contributed by atoms with van der Waals surface area (Å²) >= 11 is 0. The van der Waals surface area contributed by atoms with Gasteiger partial charge in [0.2, 0.25) is 0 Å². The van der Waals surface area contributed by atoms with E-state index in [-0.39, 0.29) is 0 Å². The first-order valence-corrected chi connectivity index (χ1v) is 4.58. The Hall–Kier alpha value is -1.78.